The van der Waals surface area contributed by atoms with Gasteiger partial charge in [0.05, 0.1) is 6.04 Å². The molecular formula is C12H19N3O2. The largest absolute Gasteiger partial charge is 0.446 e. The van der Waals surface area contributed by atoms with Crippen molar-refractivity contribution in [1.29, 1.82) is 0 Å². The average Bonchev–Trinajstić information content (AvgIpc) is 2.74. The molecule has 0 saturated heterocycles. The summed E-state index contributed by atoms with van der Waals surface area (Å²) in [4.78, 5) is 15.6. The highest BCUT2D eigenvalue weighted by molar-refractivity contribution is 5.91. The number of carbonyl (C=O) groups excluding carboxylic acids is 1. The lowest BCUT2D eigenvalue weighted by atomic mass is 10.0. The van der Waals surface area contributed by atoms with E-state index in [1.807, 2.05) is 0 Å². The Morgan fingerprint density at radius 1 is 1.71 bits per heavy atom. The molecule has 0 aliphatic heterocycles. The highest BCUT2D eigenvalue weighted by Crippen LogP contribution is 2.17. The van der Waals surface area contributed by atoms with Crippen molar-refractivity contribution >= 4 is 5.91 Å². The summed E-state index contributed by atoms with van der Waals surface area (Å²) < 4.78 is 5.21. The minimum Gasteiger partial charge on any atom is -0.446 e. The molecule has 0 saturated carbocycles. The highest BCUT2D eigenvalue weighted by atomic mass is 16.3. The molecule has 1 unspecified atom stereocenters. The van der Waals surface area contributed by atoms with Gasteiger partial charge in [-0.1, -0.05) is 19.9 Å². The fraction of sp³-hybridized carbons (Fsp3) is 0.500. The van der Waals surface area contributed by atoms with Crippen molar-refractivity contribution in [2.24, 2.45) is 11.7 Å². The number of oxazole rings is 1. The maximum Gasteiger partial charge on any atom is 0.273 e. The third-order valence-corrected chi connectivity index (χ3v) is 2.20. The molecule has 5 heteroatoms. The zero-order valence-electron chi connectivity index (χ0n) is 10.3. The van der Waals surface area contributed by atoms with Crippen LogP contribution in [0.1, 0.15) is 42.7 Å². The summed E-state index contributed by atoms with van der Waals surface area (Å²) in [5.74, 6) is 0.578. The summed E-state index contributed by atoms with van der Waals surface area (Å²) in [7, 11) is 0. The minimum atomic E-state index is -0.281. The number of carbonyl (C=O) groups is 1. The Balaban J connectivity index is 2.64. The van der Waals surface area contributed by atoms with Crippen LogP contribution in [0.2, 0.25) is 0 Å². The van der Waals surface area contributed by atoms with Gasteiger partial charge in [0.15, 0.2) is 5.69 Å². The van der Waals surface area contributed by atoms with Crippen LogP contribution >= 0.6 is 0 Å². The first kappa shape index (κ1) is 13.4. The van der Waals surface area contributed by atoms with Gasteiger partial charge in [-0.25, -0.2) is 4.98 Å². The molecule has 5 nitrogen and oxygen atoms in total. The van der Waals surface area contributed by atoms with Gasteiger partial charge in [-0.2, -0.15) is 0 Å². The minimum absolute atomic E-state index is 0.251. The van der Waals surface area contributed by atoms with Crippen LogP contribution in [0.5, 0.6) is 0 Å². The van der Waals surface area contributed by atoms with Crippen LogP contribution in [0.3, 0.4) is 0 Å². The quantitative estimate of drug-likeness (QED) is 0.737. The Morgan fingerprint density at radius 3 is 3.00 bits per heavy atom. The third-order valence-electron chi connectivity index (χ3n) is 2.20. The van der Waals surface area contributed by atoms with E-state index in [4.69, 9.17) is 10.2 Å². The second kappa shape index (κ2) is 6.20. The number of rotatable bonds is 6. The van der Waals surface area contributed by atoms with E-state index < -0.39 is 0 Å². The number of nitrogens with one attached hydrogen (secondary N) is 1. The maximum absolute atomic E-state index is 11.5. The third kappa shape index (κ3) is 4.03. The van der Waals surface area contributed by atoms with Gasteiger partial charge >= 0.3 is 0 Å². The zero-order chi connectivity index (χ0) is 12.8. The molecule has 3 N–H and O–H groups in total. The van der Waals surface area contributed by atoms with Crippen LogP contribution < -0.4 is 11.1 Å². The van der Waals surface area contributed by atoms with Crippen molar-refractivity contribution in [3.63, 3.8) is 0 Å². The predicted octanol–water partition coefficient (Wildman–Crippen LogP) is 1.64. The normalized spacial score (nSPS) is 12.5. The van der Waals surface area contributed by atoms with Crippen molar-refractivity contribution < 1.29 is 9.21 Å². The Morgan fingerprint density at radius 2 is 2.41 bits per heavy atom. The number of hydrogen-bond donors (Lipinski definition) is 2. The van der Waals surface area contributed by atoms with Crippen LogP contribution in [0, 0.1) is 5.92 Å². The van der Waals surface area contributed by atoms with Gasteiger partial charge < -0.3 is 15.5 Å². The van der Waals surface area contributed by atoms with Crippen LogP contribution in [-0.2, 0) is 0 Å². The number of nitrogens with zero attached hydrogens (tertiary/aromatic N) is 1. The summed E-state index contributed by atoms with van der Waals surface area (Å²) >= 11 is 0. The van der Waals surface area contributed by atoms with E-state index >= 15 is 0 Å². The molecule has 0 bridgehead atoms. The first-order valence-electron chi connectivity index (χ1n) is 5.64. The summed E-state index contributed by atoms with van der Waals surface area (Å²) in [6.45, 7) is 8.06. The van der Waals surface area contributed by atoms with E-state index in [0.29, 0.717) is 18.4 Å². The van der Waals surface area contributed by atoms with E-state index in [1.54, 1.807) is 6.08 Å². The summed E-state index contributed by atoms with van der Waals surface area (Å²) in [6, 6.07) is -0.268. The molecule has 0 spiro atoms. The van der Waals surface area contributed by atoms with Crippen molar-refractivity contribution in [3.05, 3.63) is 30.5 Å². The molecule has 0 aromatic carbocycles. The fourth-order valence-electron chi connectivity index (χ4n) is 1.43. The average molecular weight is 237 g/mol. The van der Waals surface area contributed by atoms with Crippen LogP contribution in [0.15, 0.2) is 23.3 Å². The first-order valence-corrected chi connectivity index (χ1v) is 5.64. The van der Waals surface area contributed by atoms with Gasteiger partial charge in [0.2, 0.25) is 5.89 Å². The summed E-state index contributed by atoms with van der Waals surface area (Å²) in [5.41, 5.74) is 6.16. The van der Waals surface area contributed by atoms with E-state index in [1.165, 1.54) is 6.26 Å². The molecule has 0 aliphatic carbocycles. The van der Waals surface area contributed by atoms with Crippen molar-refractivity contribution in [3.8, 4) is 0 Å². The van der Waals surface area contributed by atoms with E-state index in [-0.39, 0.29) is 17.6 Å². The van der Waals surface area contributed by atoms with Crippen LogP contribution in [0.4, 0.5) is 0 Å². The molecule has 94 valence electrons. The molecule has 1 atom stereocenters. The standard InChI is InChI=1S/C12H19N3O2/c1-4-5-14-11(16)10-7-17-12(15-10)9(13)6-8(2)3/h4,7-9H,1,5-6,13H2,2-3H3,(H,14,16). The van der Waals surface area contributed by atoms with Gasteiger partial charge in [0.1, 0.15) is 6.26 Å². The van der Waals surface area contributed by atoms with E-state index in [9.17, 15) is 4.79 Å². The molecule has 1 aromatic rings. The first-order chi connectivity index (χ1) is 8.04. The van der Waals surface area contributed by atoms with Gasteiger partial charge in [-0.3, -0.25) is 4.79 Å². The molecule has 17 heavy (non-hydrogen) atoms. The van der Waals surface area contributed by atoms with Crippen molar-refractivity contribution in [2.45, 2.75) is 26.3 Å². The monoisotopic (exact) mass is 237 g/mol. The molecule has 0 radical (unpaired) electrons. The second-order valence-corrected chi connectivity index (χ2v) is 4.31. The summed E-state index contributed by atoms with van der Waals surface area (Å²) in [6.07, 6.45) is 3.70. The Labute approximate surface area is 101 Å². The lowest BCUT2D eigenvalue weighted by molar-refractivity contribution is 0.0953. The molecule has 1 heterocycles. The van der Waals surface area contributed by atoms with Gasteiger partial charge in [-0.05, 0) is 12.3 Å². The lowest BCUT2D eigenvalue weighted by Gasteiger charge is -2.09. The van der Waals surface area contributed by atoms with Crippen molar-refractivity contribution in [2.75, 3.05) is 6.54 Å². The van der Waals surface area contributed by atoms with Gasteiger partial charge in [0.25, 0.3) is 5.91 Å². The smallest absolute Gasteiger partial charge is 0.273 e. The molecule has 0 fully saturated rings. The number of nitrogens with two attached hydrogens (primary N) is 1. The van der Waals surface area contributed by atoms with Crippen molar-refractivity contribution in [1.82, 2.24) is 10.3 Å². The summed E-state index contributed by atoms with van der Waals surface area (Å²) in [5, 5.41) is 2.62. The van der Waals surface area contributed by atoms with Gasteiger partial charge in [-0.15, -0.1) is 6.58 Å². The number of hydrogen-bond acceptors (Lipinski definition) is 4. The van der Waals surface area contributed by atoms with Crippen LogP contribution in [-0.4, -0.2) is 17.4 Å². The molecule has 1 rings (SSSR count). The van der Waals surface area contributed by atoms with Crippen LogP contribution in [0.25, 0.3) is 0 Å². The van der Waals surface area contributed by atoms with E-state index in [0.717, 1.165) is 6.42 Å². The lowest BCUT2D eigenvalue weighted by Crippen LogP contribution is -2.23. The highest BCUT2D eigenvalue weighted by Gasteiger charge is 2.17. The number of aromatic nitrogens is 1. The Bertz CT molecular complexity index is 385. The molecule has 1 amide bonds. The SMILES string of the molecule is C=CCNC(=O)c1coc(C(N)CC(C)C)n1. The topological polar surface area (TPSA) is 81.2 Å². The maximum atomic E-state index is 11.5. The molecular weight excluding hydrogens is 218 g/mol. The number of amides is 1. The second-order valence-electron chi connectivity index (χ2n) is 4.31. The van der Waals surface area contributed by atoms with E-state index in [2.05, 4.69) is 30.7 Å². The molecule has 1 aromatic heterocycles. The fourth-order valence-corrected chi connectivity index (χ4v) is 1.43. The van der Waals surface area contributed by atoms with Gasteiger partial charge in [0, 0.05) is 6.54 Å². The Hall–Kier alpha value is -1.62. The predicted molar refractivity (Wildman–Crippen MR) is 65.4 cm³/mol. The zero-order valence-corrected chi connectivity index (χ0v) is 10.3. The Kier molecular flexibility index (Phi) is 4.90. The molecule has 0 aliphatic rings.